The molecule has 3 nitrogen and oxygen atoms in total. The molecule has 0 radical (unpaired) electrons. The Labute approximate surface area is 117 Å². The molecule has 0 bridgehead atoms. The molecule has 0 aliphatic carbocycles. The molecule has 2 N–H and O–H groups in total. The number of likely N-dealkylation sites (tertiary alicyclic amines) is 1. The van der Waals surface area contributed by atoms with Gasteiger partial charge >= 0.3 is 0 Å². The standard InChI is InChI=1S/C16H27N3/c1-4-19-9-7-15(8-10-19)18(3)12-14-11-13(2)5-6-16(14)17/h5-6,11,15H,4,7-10,12,17H2,1-3H3. The predicted molar refractivity (Wildman–Crippen MR) is 82.2 cm³/mol. The summed E-state index contributed by atoms with van der Waals surface area (Å²) in [7, 11) is 2.23. The highest BCUT2D eigenvalue weighted by molar-refractivity contribution is 5.48. The number of nitrogens with two attached hydrogens (primary N) is 1. The van der Waals surface area contributed by atoms with Crippen LogP contribution in [0.25, 0.3) is 0 Å². The molecular formula is C16H27N3. The Morgan fingerprint density at radius 2 is 2.00 bits per heavy atom. The van der Waals surface area contributed by atoms with Crippen molar-refractivity contribution in [3.8, 4) is 0 Å². The summed E-state index contributed by atoms with van der Waals surface area (Å²) in [5, 5.41) is 0. The number of piperidine rings is 1. The van der Waals surface area contributed by atoms with Crippen LogP contribution in [-0.2, 0) is 6.54 Å². The lowest BCUT2D eigenvalue weighted by atomic mass is 10.0. The monoisotopic (exact) mass is 261 g/mol. The summed E-state index contributed by atoms with van der Waals surface area (Å²) in [6.07, 6.45) is 2.55. The van der Waals surface area contributed by atoms with Gasteiger partial charge in [0.25, 0.3) is 0 Å². The van der Waals surface area contributed by atoms with Gasteiger partial charge in [0.05, 0.1) is 0 Å². The Morgan fingerprint density at radius 3 is 2.63 bits per heavy atom. The van der Waals surface area contributed by atoms with Gasteiger partial charge in [-0.2, -0.15) is 0 Å². The number of anilines is 1. The Morgan fingerprint density at radius 1 is 1.32 bits per heavy atom. The van der Waals surface area contributed by atoms with Crippen molar-refractivity contribution >= 4 is 5.69 Å². The molecule has 1 heterocycles. The fourth-order valence-electron chi connectivity index (χ4n) is 2.95. The van der Waals surface area contributed by atoms with Gasteiger partial charge in [0.1, 0.15) is 0 Å². The summed E-state index contributed by atoms with van der Waals surface area (Å²) < 4.78 is 0. The molecule has 0 atom stereocenters. The molecule has 2 rings (SSSR count). The van der Waals surface area contributed by atoms with Crippen LogP contribution in [-0.4, -0.2) is 42.5 Å². The Bertz CT molecular complexity index is 408. The lowest BCUT2D eigenvalue weighted by molar-refractivity contribution is 0.127. The molecule has 1 saturated heterocycles. The summed E-state index contributed by atoms with van der Waals surface area (Å²) in [4.78, 5) is 5.00. The largest absolute Gasteiger partial charge is 0.398 e. The van der Waals surface area contributed by atoms with E-state index in [1.165, 1.54) is 43.6 Å². The van der Waals surface area contributed by atoms with Gasteiger partial charge in [0.2, 0.25) is 0 Å². The molecule has 0 spiro atoms. The molecule has 0 aromatic heterocycles. The van der Waals surface area contributed by atoms with E-state index in [-0.39, 0.29) is 0 Å². The number of benzene rings is 1. The second-order valence-corrected chi connectivity index (χ2v) is 5.78. The highest BCUT2D eigenvalue weighted by Gasteiger charge is 2.21. The van der Waals surface area contributed by atoms with E-state index in [9.17, 15) is 0 Å². The quantitative estimate of drug-likeness (QED) is 0.845. The molecule has 0 amide bonds. The van der Waals surface area contributed by atoms with Gasteiger partial charge in [-0.05, 0) is 58.1 Å². The number of rotatable bonds is 4. The van der Waals surface area contributed by atoms with Crippen LogP contribution in [0.2, 0.25) is 0 Å². The van der Waals surface area contributed by atoms with Crippen molar-refractivity contribution < 1.29 is 0 Å². The third kappa shape index (κ3) is 3.71. The van der Waals surface area contributed by atoms with Gasteiger partial charge in [0.15, 0.2) is 0 Å². The van der Waals surface area contributed by atoms with Crippen molar-refractivity contribution in [2.45, 2.75) is 39.3 Å². The Balaban J connectivity index is 1.94. The third-order valence-electron chi connectivity index (χ3n) is 4.35. The summed E-state index contributed by atoms with van der Waals surface area (Å²) >= 11 is 0. The van der Waals surface area contributed by atoms with Crippen LogP contribution < -0.4 is 5.73 Å². The number of nitrogen functional groups attached to an aromatic ring is 1. The van der Waals surface area contributed by atoms with Crippen molar-refractivity contribution in [3.05, 3.63) is 29.3 Å². The van der Waals surface area contributed by atoms with Gasteiger partial charge in [-0.1, -0.05) is 24.6 Å². The Hall–Kier alpha value is -1.06. The first-order chi connectivity index (χ1) is 9.10. The van der Waals surface area contributed by atoms with E-state index in [1.807, 2.05) is 6.07 Å². The number of hydrogen-bond acceptors (Lipinski definition) is 3. The Kier molecular flexibility index (Phi) is 4.83. The first-order valence-electron chi connectivity index (χ1n) is 7.37. The van der Waals surface area contributed by atoms with Gasteiger partial charge < -0.3 is 10.6 Å². The molecule has 0 unspecified atom stereocenters. The minimum atomic E-state index is 0.697. The summed E-state index contributed by atoms with van der Waals surface area (Å²) in [6.45, 7) is 8.98. The maximum absolute atomic E-state index is 6.08. The maximum Gasteiger partial charge on any atom is 0.0359 e. The first kappa shape index (κ1) is 14.4. The molecule has 1 fully saturated rings. The fourth-order valence-corrected chi connectivity index (χ4v) is 2.95. The molecule has 1 aliphatic rings. The van der Waals surface area contributed by atoms with Crippen LogP contribution in [0.4, 0.5) is 5.69 Å². The van der Waals surface area contributed by atoms with Crippen molar-refractivity contribution in [2.24, 2.45) is 0 Å². The van der Waals surface area contributed by atoms with Crippen LogP contribution in [0, 0.1) is 6.92 Å². The average Bonchev–Trinajstić information content (AvgIpc) is 2.43. The molecule has 3 heteroatoms. The smallest absolute Gasteiger partial charge is 0.0359 e. The lowest BCUT2D eigenvalue weighted by Gasteiger charge is -2.36. The molecule has 1 aromatic carbocycles. The summed E-state index contributed by atoms with van der Waals surface area (Å²) in [5.74, 6) is 0. The van der Waals surface area contributed by atoms with Crippen LogP contribution in [0.15, 0.2) is 18.2 Å². The van der Waals surface area contributed by atoms with E-state index in [0.29, 0.717) is 6.04 Å². The maximum atomic E-state index is 6.08. The second kappa shape index (κ2) is 6.40. The van der Waals surface area contributed by atoms with Crippen molar-refractivity contribution in [3.63, 3.8) is 0 Å². The zero-order chi connectivity index (χ0) is 13.8. The van der Waals surface area contributed by atoms with Gasteiger partial charge in [-0.3, -0.25) is 4.90 Å². The fraction of sp³-hybridized carbons (Fsp3) is 0.625. The molecule has 106 valence electrons. The normalized spacial score (nSPS) is 18.1. The zero-order valence-corrected chi connectivity index (χ0v) is 12.5. The van der Waals surface area contributed by atoms with Crippen LogP contribution in [0.3, 0.4) is 0 Å². The molecule has 1 aromatic rings. The van der Waals surface area contributed by atoms with E-state index < -0.39 is 0 Å². The molecule has 0 saturated carbocycles. The van der Waals surface area contributed by atoms with Crippen LogP contribution in [0.1, 0.15) is 30.9 Å². The van der Waals surface area contributed by atoms with E-state index in [1.54, 1.807) is 0 Å². The van der Waals surface area contributed by atoms with Gasteiger partial charge in [-0.25, -0.2) is 0 Å². The number of aryl methyl sites for hydroxylation is 1. The van der Waals surface area contributed by atoms with Crippen LogP contribution in [0.5, 0.6) is 0 Å². The second-order valence-electron chi connectivity index (χ2n) is 5.78. The van der Waals surface area contributed by atoms with Crippen molar-refractivity contribution in [2.75, 3.05) is 32.4 Å². The molecular weight excluding hydrogens is 234 g/mol. The predicted octanol–water partition coefficient (Wildman–Crippen LogP) is 2.49. The topological polar surface area (TPSA) is 32.5 Å². The number of nitrogens with zero attached hydrogens (tertiary/aromatic N) is 2. The van der Waals surface area contributed by atoms with E-state index in [2.05, 4.69) is 42.8 Å². The summed E-state index contributed by atoms with van der Waals surface area (Å²) in [6, 6.07) is 7.02. The minimum Gasteiger partial charge on any atom is -0.398 e. The third-order valence-corrected chi connectivity index (χ3v) is 4.35. The van der Waals surface area contributed by atoms with E-state index in [4.69, 9.17) is 5.73 Å². The van der Waals surface area contributed by atoms with Gasteiger partial charge in [0, 0.05) is 18.3 Å². The van der Waals surface area contributed by atoms with Crippen molar-refractivity contribution in [1.82, 2.24) is 9.80 Å². The highest BCUT2D eigenvalue weighted by atomic mass is 15.2. The molecule has 19 heavy (non-hydrogen) atoms. The molecule has 1 aliphatic heterocycles. The average molecular weight is 261 g/mol. The van der Waals surface area contributed by atoms with Crippen LogP contribution >= 0.6 is 0 Å². The first-order valence-corrected chi connectivity index (χ1v) is 7.37. The van der Waals surface area contributed by atoms with E-state index >= 15 is 0 Å². The SMILES string of the molecule is CCN1CCC(N(C)Cc2cc(C)ccc2N)CC1. The van der Waals surface area contributed by atoms with Gasteiger partial charge in [-0.15, -0.1) is 0 Å². The number of hydrogen-bond donors (Lipinski definition) is 1. The summed E-state index contributed by atoms with van der Waals surface area (Å²) in [5.41, 5.74) is 9.55. The lowest BCUT2D eigenvalue weighted by Crippen LogP contribution is -2.42. The van der Waals surface area contributed by atoms with Crippen molar-refractivity contribution in [1.29, 1.82) is 0 Å². The minimum absolute atomic E-state index is 0.697. The highest BCUT2D eigenvalue weighted by Crippen LogP contribution is 2.20. The van der Waals surface area contributed by atoms with E-state index in [0.717, 1.165) is 12.2 Å². The zero-order valence-electron chi connectivity index (χ0n) is 12.5.